The van der Waals surface area contributed by atoms with E-state index in [0.29, 0.717) is 10.9 Å². The Morgan fingerprint density at radius 1 is 1.45 bits per heavy atom. The van der Waals surface area contributed by atoms with Crippen LogP contribution in [0.15, 0.2) is 12.3 Å². The van der Waals surface area contributed by atoms with Gasteiger partial charge in [-0.05, 0) is 49.8 Å². The molecule has 1 aromatic heterocycles. The van der Waals surface area contributed by atoms with E-state index in [9.17, 15) is 0 Å². The third kappa shape index (κ3) is 4.64. The van der Waals surface area contributed by atoms with Crippen LogP contribution in [0.4, 0.5) is 0 Å². The van der Waals surface area contributed by atoms with Gasteiger partial charge in [-0.1, -0.05) is 31.9 Å². The summed E-state index contributed by atoms with van der Waals surface area (Å²) in [5.74, 6) is 1.33. The van der Waals surface area contributed by atoms with Crippen LogP contribution >= 0.6 is 11.6 Å². The molecule has 1 heterocycles. The van der Waals surface area contributed by atoms with Crippen LogP contribution in [0, 0.1) is 5.92 Å². The van der Waals surface area contributed by atoms with Crippen molar-refractivity contribution in [3.63, 3.8) is 0 Å². The Morgan fingerprint density at radius 2 is 2.30 bits per heavy atom. The van der Waals surface area contributed by atoms with Crippen LogP contribution < -0.4 is 10.1 Å². The number of rotatable bonds is 6. The van der Waals surface area contributed by atoms with Gasteiger partial charge >= 0.3 is 0 Å². The number of nitrogens with zero attached hydrogens (tertiary/aromatic N) is 1. The first-order valence-electron chi connectivity index (χ1n) is 7.70. The molecule has 0 spiro atoms. The first-order chi connectivity index (χ1) is 9.69. The highest BCUT2D eigenvalue weighted by Crippen LogP contribution is 2.30. The number of aromatic nitrogens is 1. The molecule has 20 heavy (non-hydrogen) atoms. The molecule has 1 fully saturated rings. The van der Waals surface area contributed by atoms with Gasteiger partial charge in [0.1, 0.15) is 11.1 Å². The van der Waals surface area contributed by atoms with Crippen molar-refractivity contribution in [3.8, 4) is 5.88 Å². The summed E-state index contributed by atoms with van der Waals surface area (Å²) < 4.78 is 5.97. The van der Waals surface area contributed by atoms with Crippen molar-refractivity contribution in [2.45, 2.75) is 58.6 Å². The summed E-state index contributed by atoms with van der Waals surface area (Å²) in [6.45, 7) is 6.25. The van der Waals surface area contributed by atoms with E-state index in [1.165, 1.54) is 12.8 Å². The predicted molar refractivity (Wildman–Crippen MR) is 83.3 cm³/mol. The van der Waals surface area contributed by atoms with Gasteiger partial charge in [-0.2, -0.15) is 0 Å². The summed E-state index contributed by atoms with van der Waals surface area (Å²) in [6.07, 6.45) is 8.02. The van der Waals surface area contributed by atoms with E-state index in [0.717, 1.165) is 43.8 Å². The summed E-state index contributed by atoms with van der Waals surface area (Å²) in [6, 6.07) is 1.96. The van der Waals surface area contributed by atoms with Crippen LogP contribution in [0.2, 0.25) is 5.02 Å². The molecule has 0 bridgehead atoms. The molecular formula is C16H25ClN2O. The molecule has 2 unspecified atom stereocenters. The Hall–Kier alpha value is -0.800. The normalized spacial score (nSPS) is 22.8. The van der Waals surface area contributed by atoms with Crippen LogP contribution in [0.5, 0.6) is 5.88 Å². The summed E-state index contributed by atoms with van der Waals surface area (Å²) in [4.78, 5) is 4.38. The number of nitrogens with one attached hydrogen (secondary N) is 1. The first-order valence-corrected chi connectivity index (χ1v) is 8.08. The Morgan fingerprint density at radius 3 is 3.00 bits per heavy atom. The van der Waals surface area contributed by atoms with Crippen LogP contribution in [0.3, 0.4) is 0 Å². The molecule has 112 valence electrons. The highest BCUT2D eigenvalue weighted by molar-refractivity contribution is 6.31. The lowest BCUT2D eigenvalue weighted by molar-refractivity contribution is 0.124. The highest BCUT2D eigenvalue weighted by Gasteiger charge is 2.21. The van der Waals surface area contributed by atoms with Crippen LogP contribution in [0.1, 0.15) is 51.5 Å². The Kier molecular flexibility index (Phi) is 6.11. The highest BCUT2D eigenvalue weighted by atomic mass is 35.5. The average Bonchev–Trinajstić information content (AvgIpc) is 2.42. The van der Waals surface area contributed by atoms with E-state index in [1.807, 2.05) is 12.3 Å². The Balaban J connectivity index is 1.91. The summed E-state index contributed by atoms with van der Waals surface area (Å²) in [5.41, 5.74) is 1.10. The zero-order valence-corrected chi connectivity index (χ0v) is 13.2. The third-order valence-electron chi connectivity index (χ3n) is 3.79. The van der Waals surface area contributed by atoms with E-state index in [2.05, 4.69) is 24.1 Å². The fraction of sp³-hybridized carbons (Fsp3) is 0.688. The van der Waals surface area contributed by atoms with Gasteiger partial charge in [0.05, 0.1) is 0 Å². The van der Waals surface area contributed by atoms with Gasteiger partial charge < -0.3 is 10.1 Å². The minimum absolute atomic E-state index is 0.271. The van der Waals surface area contributed by atoms with E-state index in [-0.39, 0.29) is 6.10 Å². The maximum Gasteiger partial charge on any atom is 0.232 e. The molecule has 0 radical (unpaired) electrons. The van der Waals surface area contributed by atoms with Crippen molar-refractivity contribution in [1.29, 1.82) is 0 Å². The molecule has 2 atom stereocenters. The van der Waals surface area contributed by atoms with E-state index < -0.39 is 0 Å². The zero-order chi connectivity index (χ0) is 14.4. The molecule has 2 rings (SSSR count). The molecule has 4 heteroatoms. The Bertz CT molecular complexity index is 425. The van der Waals surface area contributed by atoms with Gasteiger partial charge in [0.2, 0.25) is 5.88 Å². The van der Waals surface area contributed by atoms with Gasteiger partial charge in [0.25, 0.3) is 0 Å². The lowest BCUT2D eigenvalue weighted by Crippen LogP contribution is -2.24. The van der Waals surface area contributed by atoms with E-state index >= 15 is 0 Å². The number of halogens is 1. The van der Waals surface area contributed by atoms with Crippen LogP contribution in [-0.2, 0) is 6.54 Å². The third-order valence-corrected chi connectivity index (χ3v) is 4.06. The first kappa shape index (κ1) is 15.6. The van der Waals surface area contributed by atoms with Crippen LogP contribution in [0.25, 0.3) is 0 Å². The zero-order valence-electron chi connectivity index (χ0n) is 12.5. The molecule has 0 aromatic carbocycles. The lowest BCUT2D eigenvalue weighted by Gasteiger charge is -2.27. The molecule has 0 saturated heterocycles. The Labute approximate surface area is 127 Å². The fourth-order valence-electron chi connectivity index (χ4n) is 2.70. The molecule has 1 aliphatic carbocycles. The number of hydrogen-bond acceptors (Lipinski definition) is 3. The van der Waals surface area contributed by atoms with Crippen molar-refractivity contribution < 1.29 is 4.74 Å². The molecule has 1 saturated carbocycles. The van der Waals surface area contributed by atoms with Crippen LogP contribution in [-0.4, -0.2) is 17.6 Å². The van der Waals surface area contributed by atoms with Crippen molar-refractivity contribution in [3.05, 3.63) is 22.8 Å². The summed E-state index contributed by atoms with van der Waals surface area (Å²) in [5, 5.41) is 3.97. The SMILES string of the molecule is CCCNCc1cnc(OC2CCCC(C)C2)c(Cl)c1. The number of pyridine rings is 1. The molecule has 0 aliphatic heterocycles. The average molecular weight is 297 g/mol. The fourth-order valence-corrected chi connectivity index (χ4v) is 2.93. The monoisotopic (exact) mass is 296 g/mol. The molecule has 1 aromatic rings. The quantitative estimate of drug-likeness (QED) is 0.799. The molecule has 3 nitrogen and oxygen atoms in total. The second kappa shape index (κ2) is 7.84. The standard InChI is InChI=1S/C16H25ClN2O/c1-3-7-18-10-13-9-15(17)16(19-11-13)20-14-6-4-5-12(2)8-14/h9,11-12,14,18H,3-8,10H2,1-2H3. The smallest absolute Gasteiger partial charge is 0.232 e. The molecule has 0 amide bonds. The van der Waals surface area contributed by atoms with E-state index in [4.69, 9.17) is 16.3 Å². The predicted octanol–water partition coefficient (Wildman–Crippen LogP) is 4.19. The maximum absolute atomic E-state index is 6.28. The number of hydrogen-bond donors (Lipinski definition) is 1. The summed E-state index contributed by atoms with van der Waals surface area (Å²) in [7, 11) is 0. The summed E-state index contributed by atoms with van der Waals surface area (Å²) >= 11 is 6.28. The minimum Gasteiger partial charge on any atom is -0.473 e. The minimum atomic E-state index is 0.271. The van der Waals surface area contributed by atoms with Gasteiger partial charge in [0.15, 0.2) is 0 Å². The van der Waals surface area contributed by atoms with Crippen molar-refractivity contribution in [2.24, 2.45) is 5.92 Å². The maximum atomic E-state index is 6.28. The van der Waals surface area contributed by atoms with Gasteiger partial charge in [0, 0.05) is 12.7 Å². The number of ether oxygens (including phenoxy) is 1. The van der Waals surface area contributed by atoms with E-state index in [1.54, 1.807) is 0 Å². The topological polar surface area (TPSA) is 34.2 Å². The van der Waals surface area contributed by atoms with Crippen molar-refractivity contribution in [1.82, 2.24) is 10.3 Å². The van der Waals surface area contributed by atoms with Crippen molar-refractivity contribution >= 4 is 11.6 Å². The second-order valence-electron chi connectivity index (χ2n) is 5.82. The van der Waals surface area contributed by atoms with Crippen molar-refractivity contribution in [2.75, 3.05) is 6.54 Å². The second-order valence-corrected chi connectivity index (χ2v) is 6.23. The molecule has 1 aliphatic rings. The largest absolute Gasteiger partial charge is 0.473 e. The lowest BCUT2D eigenvalue weighted by atomic mass is 9.89. The van der Waals surface area contributed by atoms with Gasteiger partial charge in [-0.15, -0.1) is 0 Å². The molecular weight excluding hydrogens is 272 g/mol. The van der Waals surface area contributed by atoms with Gasteiger partial charge in [-0.25, -0.2) is 4.98 Å². The molecule has 1 N–H and O–H groups in total. The van der Waals surface area contributed by atoms with Gasteiger partial charge in [-0.3, -0.25) is 0 Å².